The Morgan fingerprint density at radius 2 is 1.92 bits per heavy atom. The van der Waals surface area contributed by atoms with E-state index in [1.807, 2.05) is 12.1 Å². The molecule has 2 rings (SSSR count). The number of rotatable bonds is 6. The summed E-state index contributed by atoms with van der Waals surface area (Å²) in [6, 6.07) is 11.0. The first-order valence-corrected chi connectivity index (χ1v) is 8.79. The van der Waals surface area contributed by atoms with Crippen LogP contribution in [0, 0.1) is 10.1 Å². The maximum Gasteiger partial charge on any atom is 0.293 e. The number of halogens is 1. The van der Waals surface area contributed by atoms with Crippen molar-refractivity contribution in [1.82, 2.24) is 4.72 Å². The number of benzene rings is 2. The number of hydrogen-bond acceptors (Lipinski definition) is 5. The van der Waals surface area contributed by atoms with Gasteiger partial charge in [0.1, 0.15) is 5.69 Å². The zero-order chi connectivity index (χ0) is 17.9. The molecule has 2 aromatic rings. The zero-order valence-corrected chi connectivity index (χ0v) is 14.6. The Kier molecular flexibility index (Phi) is 5.43. The summed E-state index contributed by atoms with van der Waals surface area (Å²) in [7, 11) is -0.829. The fourth-order valence-electron chi connectivity index (χ4n) is 2.22. The first-order valence-electron chi connectivity index (χ1n) is 6.93. The number of nitro groups is 1. The molecule has 0 saturated heterocycles. The standard InChI is InChI=1S/C15H16ClN3O4S/c1-17-24(22,23)12-7-8-14(15(9-12)19(20)21)18(2)10-11-5-3-4-6-13(11)16/h3-9,17H,10H2,1-2H3. The highest BCUT2D eigenvalue weighted by molar-refractivity contribution is 7.89. The van der Waals surface area contributed by atoms with E-state index in [0.717, 1.165) is 11.6 Å². The Balaban J connectivity index is 2.43. The van der Waals surface area contributed by atoms with Crippen LogP contribution in [0.3, 0.4) is 0 Å². The van der Waals surface area contributed by atoms with Crippen LogP contribution in [0.15, 0.2) is 47.4 Å². The van der Waals surface area contributed by atoms with Gasteiger partial charge in [-0.05, 0) is 30.8 Å². The Morgan fingerprint density at radius 1 is 1.25 bits per heavy atom. The van der Waals surface area contributed by atoms with Gasteiger partial charge in [0, 0.05) is 24.7 Å². The van der Waals surface area contributed by atoms with Crippen LogP contribution in [0.4, 0.5) is 11.4 Å². The molecule has 2 aromatic carbocycles. The highest BCUT2D eigenvalue weighted by Gasteiger charge is 2.22. The smallest absolute Gasteiger partial charge is 0.293 e. The summed E-state index contributed by atoms with van der Waals surface area (Å²) in [4.78, 5) is 12.2. The van der Waals surface area contributed by atoms with Crippen LogP contribution in [0.1, 0.15) is 5.56 Å². The van der Waals surface area contributed by atoms with Crippen molar-refractivity contribution in [2.24, 2.45) is 0 Å². The number of nitrogens with one attached hydrogen (secondary N) is 1. The number of sulfonamides is 1. The molecule has 0 unspecified atom stereocenters. The van der Waals surface area contributed by atoms with Crippen LogP contribution in [0.5, 0.6) is 0 Å². The molecule has 9 heteroatoms. The lowest BCUT2D eigenvalue weighted by atomic mass is 10.2. The minimum atomic E-state index is -3.76. The summed E-state index contributed by atoms with van der Waals surface area (Å²) >= 11 is 6.11. The average molecular weight is 370 g/mol. The Labute approximate surface area is 145 Å². The second-order valence-corrected chi connectivity index (χ2v) is 7.36. The van der Waals surface area contributed by atoms with Crippen LogP contribution in [0.2, 0.25) is 5.02 Å². The molecule has 0 aliphatic heterocycles. The van der Waals surface area contributed by atoms with Gasteiger partial charge in [-0.1, -0.05) is 29.8 Å². The van der Waals surface area contributed by atoms with Gasteiger partial charge in [0.05, 0.1) is 9.82 Å². The third-order valence-corrected chi connectivity index (χ3v) is 5.28. The second-order valence-electron chi connectivity index (χ2n) is 5.06. The summed E-state index contributed by atoms with van der Waals surface area (Å²) < 4.78 is 25.8. The van der Waals surface area contributed by atoms with Gasteiger partial charge in [0.2, 0.25) is 10.0 Å². The number of anilines is 1. The highest BCUT2D eigenvalue weighted by Crippen LogP contribution is 2.31. The van der Waals surface area contributed by atoms with E-state index in [2.05, 4.69) is 4.72 Å². The van der Waals surface area contributed by atoms with E-state index in [1.54, 1.807) is 24.1 Å². The van der Waals surface area contributed by atoms with E-state index in [9.17, 15) is 18.5 Å². The van der Waals surface area contributed by atoms with Crippen molar-refractivity contribution in [3.05, 3.63) is 63.2 Å². The first-order chi connectivity index (χ1) is 11.3. The Bertz CT molecular complexity index is 871. The molecule has 0 bridgehead atoms. The van der Waals surface area contributed by atoms with Crippen molar-refractivity contribution >= 4 is 33.0 Å². The zero-order valence-electron chi connectivity index (χ0n) is 13.1. The topological polar surface area (TPSA) is 92.6 Å². The van der Waals surface area contributed by atoms with E-state index < -0.39 is 14.9 Å². The molecule has 0 fully saturated rings. The Morgan fingerprint density at radius 3 is 2.50 bits per heavy atom. The van der Waals surface area contributed by atoms with Crippen molar-refractivity contribution < 1.29 is 13.3 Å². The van der Waals surface area contributed by atoms with Crippen LogP contribution in [0.25, 0.3) is 0 Å². The lowest BCUT2D eigenvalue weighted by Gasteiger charge is -2.20. The molecular formula is C15H16ClN3O4S. The predicted molar refractivity (Wildman–Crippen MR) is 92.9 cm³/mol. The molecule has 0 atom stereocenters. The van der Waals surface area contributed by atoms with Gasteiger partial charge >= 0.3 is 0 Å². The largest absolute Gasteiger partial charge is 0.365 e. The van der Waals surface area contributed by atoms with E-state index >= 15 is 0 Å². The second kappa shape index (κ2) is 7.16. The van der Waals surface area contributed by atoms with Gasteiger partial charge in [0.15, 0.2) is 0 Å². The summed E-state index contributed by atoms with van der Waals surface area (Å²) in [5.74, 6) is 0. The molecule has 7 nitrogen and oxygen atoms in total. The summed E-state index contributed by atoms with van der Waals surface area (Å²) in [6.07, 6.45) is 0. The van der Waals surface area contributed by atoms with Crippen LogP contribution < -0.4 is 9.62 Å². The van der Waals surface area contributed by atoms with E-state index in [-0.39, 0.29) is 10.6 Å². The molecule has 128 valence electrons. The lowest BCUT2D eigenvalue weighted by molar-refractivity contribution is -0.384. The minimum absolute atomic E-state index is 0.161. The maximum atomic E-state index is 11.8. The van der Waals surface area contributed by atoms with Gasteiger partial charge in [-0.2, -0.15) is 0 Å². The van der Waals surface area contributed by atoms with Gasteiger partial charge in [0.25, 0.3) is 5.69 Å². The van der Waals surface area contributed by atoms with Crippen molar-refractivity contribution in [2.45, 2.75) is 11.4 Å². The maximum absolute atomic E-state index is 11.8. The van der Waals surface area contributed by atoms with Crippen LogP contribution in [-0.2, 0) is 16.6 Å². The van der Waals surface area contributed by atoms with Gasteiger partial charge in [-0.3, -0.25) is 10.1 Å². The molecule has 0 spiro atoms. The van der Waals surface area contributed by atoms with Gasteiger partial charge < -0.3 is 4.90 Å². The molecule has 1 N–H and O–H groups in total. The van der Waals surface area contributed by atoms with Gasteiger partial charge in [-0.15, -0.1) is 0 Å². The number of nitro benzene ring substituents is 1. The molecular weight excluding hydrogens is 354 g/mol. The summed E-state index contributed by atoms with van der Waals surface area (Å²) in [5.41, 5.74) is 0.818. The quantitative estimate of drug-likeness (QED) is 0.624. The molecule has 0 aliphatic rings. The SMILES string of the molecule is CNS(=O)(=O)c1ccc(N(C)Cc2ccccc2Cl)c([N+](=O)[O-])c1. The monoisotopic (exact) mass is 369 g/mol. The average Bonchev–Trinajstić information content (AvgIpc) is 2.56. The number of nitrogens with zero attached hydrogens (tertiary/aromatic N) is 2. The number of hydrogen-bond donors (Lipinski definition) is 1. The fourth-order valence-corrected chi connectivity index (χ4v) is 3.17. The van der Waals surface area contributed by atoms with E-state index in [1.165, 1.54) is 19.2 Å². The molecule has 0 amide bonds. The third-order valence-electron chi connectivity index (χ3n) is 3.50. The molecule has 0 saturated carbocycles. The van der Waals surface area contributed by atoms with Crippen molar-refractivity contribution in [3.63, 3.8) is 0 Å². The molecule has 24 heavy (non-hydrogen) atoms. The third kappa shape index (κ3) is 3.84. The molecule has 0 radical (unpaired) electrons. The van der Waals surface area contributed by atoms with Gasteiger partial charge in [-0.25, -0.2) is 13.1 Å². The fraction of sp³-hybridized carbons (Fsp3) is 0.200. The summed E-state index contributed by atoms with van der Waals surface area (Å²) in [5, 5.41) is 11.9. The predicted octanol–water partition coefficient (Wildman–Crippen LogP) is 2.79. The van der Waals surface area contributed by atoms with E-state index in [0.29, 0.717) is 17.3 Å². The molecule has 0 aromatic heterocycles. The normalized spacial score (nSPS) is 11.3. The van der Waals surface area contributed by atoms with E-state index in [4.69, 9.17) is 11.6 Å². The highest BCUT2D eigenvalue weighted by atomic mass is 35.5. The Hall–Kier alpha value is -2.16. The van der Waals surface area contributed by atoms with Crippen LogP contribution in [-0.4, -0.2) is 27.4 Å². The molecule has 0 aliphatic carbocycles. The van der Waals surface area contributed by atoms with Crippen LogP contribution >= 0.6 is 11.6 Å². The summed E-state index contributed by atoms with van der Waals surface area (Å²) in [6.45, 7) is 0.346. The van der Waals surface area contributed by atoms with Crippen molar-refractivity contribution in [3.8, 4) is 0 Å². The lowest BCUT2D eigenvalue weighted by Crippen LogP contribution is -2.20. The first kappa shape index (κ1) is 18.2. The van der Waals surface area contributed by atoms with Crippen molar-refractivity contribution in [2.75, 3.05) is 19.0 Å². The molecule has 0 heterocycles. The minimum Gasteiger partial charge on any atom is -0.365 e. The van der Waals surface area contributed by atoms with Crippen molar-refractivity contribution in [1.29, 1.82) is 0 Å².